The van der Waals surface area contributed by atoms with E-state index in [1.54, 1.807) is 0 Å². The van der Waals surface area contributed by atoms with Crippen molar-refractivity contribution in [2.45, 2.75) is 24.3 Å². The number of nitrogens with one attached hydrogen (secondary N) is 1. The maximum Gasteiger partial charge on any atom is 0.236 e. The molecule has 1 aromatic rings. The summed E-state index contributed by atoms with van der Waals surface area (Å²) < 4.78 is 0. The lowest BCUT2D eigenvalue weighted by Gasteiger charge is -2.42. The number of carbonyl (C=O) groups excluding carboxylic acids is 1. The molecule has 14 heavy (non-hydrogen) atoms. The van der Waals surface area contributed by atoms with E-state index in [1.807, 2.05) is 24.3 Å². The average Bonchev–Trinajstić information content (AvgIpc) is 2.49. The molecule has 0 unspecified atom stereocenters. The highest BCUT2D eigenvalue weighted by atomic mass is 16.2. The number of carbonyl (C=O) groups is 1. The van der Waals surface area contributed by atoms with Crippen LogP contribution in [0.15, 0.2) is 24.3 Å². The molecule has 0 radical (unpaired) electrons. The standard InChI is InChI=1S/C11H12N2O/c12-9-5-6-11(9)7-3-1-2-4-8(7)13-10(11)14/h1-4,9H,5-6,12H2,(H,13,14)/t9-,11+/m0/s1. The van der Waals surface area contributed by atoms with E-state index in [0.717, 1.165) is 24.1 Å². The van der Waals surface area contributed by atoms with E-state index >= 15 is 0 Å². The fraction of sp³-hybridized carbons (Fsp3) is 0.364. The summed E-state index contributed by atoms with van der Waals surface area (Å²) in [6.45, 7) is 0. The van der Waals surface area contributed by atoms with Crippen LogP contribution in [0.25, 0.3) is 0 Å². The second-order valence-corrected chi connectivity index (χ2v) is 4.12. The number of anilines is 1. The fourth-order valence-electron chi connectivity index (χ4n) is 2.55. The Kier molecular flexibility index (Phi) is 1.35. The highest BCUT2D eigenvalue weighted by Gasteiger charge is 2.56. The molecule has 1 aliphatic heterocycles. The van der Waals surface area contributed by atoms with Gasteiger partial charge in [-0.05, 0) is 24.5 Å². The van der Waals surface area contributed by atoms with E-state index in [1.165, 1.54) is 0 Å². The molecule has 1 heterocycles. The van der Waals surface area contributed by atoms with E-state index in [9.17, 15) is 4.79 Å². The van der Waals surface area contributed by atoms with Crippen molar-refractivity contribution in [3.8, 4) is 0 Å². The topological polar surface area (TPSA) is 55.1 Å². The van der Waals surface area contributed by atoms with Crippen molar-refractivity contribution < 1.29 is 4.79 Å². The summed E-state index contributed by atoms with van der Waals surface area (Å²) >= 11 is 0. The van der Waals surface area contributed by atoms with Gasteiger partial charge in [-0.2, -0.15) is 0 Å². The number of nitrogens with two attached hydrogens (primary N) is 1. The Labute approximate surface area is 82.3 Å². The molecule has 0 bridgehead atoms. The molecule has 0 saturated heterocycles. The highest BCUT2D eigenvalue weighted by molar-refractivity contribution is 6.07. The van der Waals surface area contributed by atoms with Crippen molar-refractivity contribution in [2.75, 3.05) is 5.32 Å². The fourth-order valence-corrected chi connectivity index (χ4v) is 2.55. The van der Waals surface area contributed by atoms with Gasteiger partial charge >= 0.3 is 0 Å². The van der Waals surface area contributed by atoms with E-state index < -0.39 is 5.41 Å². The smallest absolute Gasteiger partial charge is 0.236 e. The molecule has 1 amide bonds. The quantitative estimate of drug-likeness (QED) is 0.638. The van der Waals surface area contributed by atoms with Crippen LogP contribution in [-0.4, -0.2) is 11.9 Å². The van der Waals surface area contributed by atoms with Gasteiger partial charge in [-0.25, -0.2) is 0 Å². The summed E-state index contributed by atoms with van der Waals surface area (Å²) in [6.07, 6.45) is 1.83. The van der Waals surface area contributed by atoms with Crippen LogP contribution in [0.4, 0.5) is 5.69 Å². The van der Waals surface area contributed by atoms with Crippen molar-refractivity contribution in [3.05, 3.63) is 29.8 Å². The molecule has 0 aromatic heterocycles. The summed E-state index contributed by atoms with van der Waals surface area (Å²) in [6, 6.07) is 7.83. The normalized spacial score (nSPS) is 33.8. The molecule has 1 fully saturated rings. The number of hydrogen-bond donors (Lipinski definition) is 2. The van der Waals surface area contributed by atoms with Crippen LogP contribution in [0, 0.1) is 0 Å². The predicted molar refractivity (Wildman–Crippen MR) is 54.0 cm³/mol. The minimum absolute atomic E-state index is 0.00819. The van der Waals surface area contributed by atoms with Crippen molar-refractivity contribution in [1.82, 2.24) is 0 Å². The minimum atomic E-state index is -0.406. The lowest BCUT2D eigenvalue weighted by Crippen LogP contribution is -2.58. The number of rotatable bonds is 0. The Hall–Kier alpha value is -1.35. The van der Waals surface area contributed by atoms with Crippen LogP contribution < -0.4 is 11.1 Å². The number of para-hydroxylation sites is 1. The molecule has 1 aromatic carbocycles. The van der Waals surface area contributed by atoms with Crippen LogP contribution in [0.3, 0.4) is 0 Å². The summed E-state index contributed by atoms with van der Waals surface area (Å²) in [5.41, 5.74) is 7.58. The predicted octanol–water partition coefficient (Wildman–Crippen LogP) is 0.998. The Morgan fingerprint density at radius 3 is 2.86 bits per heavy atom. The summed E-state index contributed by atoms with van der Waals surface area (Å²) in [7, 11) is 0. The third kappa shape index (κ3) is 0.700. The van der Waals surface area contributed by atoms with Gasteiger partial charge in [-0.15, -0.1) is 0 Å². The lowest BCUT2D eigenvalue weighted by molar-refractivity contribution is -0.124. The molecule has 3 nitrogen and oxygen atoms in total. The second-order valence-electron chi connectivity index (χ2n) is 4.12. The van der Waals surface area contributed by atoms with Crippen molar-refractivity contribution in [1.29, 1.82) is 0 Å². The first-order chi connectivity index (χ1) is 6.75. The minimum Gasteiger partial charge on any atom is -0.326 e. The molecule has 3 N–H and O–H groups in total. The molecule has 72 valence electrons. The van der Waals surface area contributed by atoms with Crippen LogP contribution in [0.1, 0.15) is 18.4 Å². The van der Waals surface area contributed by atoms with Gasteiger partial charge in [0.05, 0.1) is 5.41 Å². The molecular weight excluding hydrogens is 176 g/mol. The first-order valence-electron chi connectivity index (χ1n) is 4.92. The Morgan fingerprint density at radius 2 is 2.21 bits per heavy atom. The number of hydrogen-bond acceptors (Lipinski definition) is 2. The third-order valence-electron chi connectivity index (χ3n) is 3.54. The molecule has 2 atom stereocenters. The van der Waals surface area contributed by atoms with Crippen molar-refractivity contribution in [3.63, 3.8) is 0 Å². The first-order valence-corrected chi connectivity index (χ1v) is 4.92. The van der Waals surface area contributed by atoms with Crippen molar-refractivity contribution >= 4 is 11.6 Å². The zero-order valence-corrected chi connectivity index (χ0v) is 7.79. The largest absolute Gasteiger partial charge is 0.326 e. The van der Waals surface area contributed by atoms with Crippen LogP contribution in [0.5, 0.6) is 0 Å². The maximum absolute atomic E-state index is 11.9. The molecule has 1 saturated carbocycles. The van der Waals surface area contributed by atoms with Crippen LogP contribution in [0.2, 0.25) is 0 Å². The molecule has 2 aliphatic rings. The SMILES string of the molecule is N[C@H]1CC[C@]12C(=O)Nc1ccccc12. The van der Waals surface area contributed by atoms with Gasteiger partial charge in [0.15, 0.2) is 0 Å². The molecule has 1 spiro atoms. The van der Waals surface area contributed by atoms with Gasteiger partial charge in [-0.3, -0.25) is 4.79 Å². The van der Waals surface area contributed by atoms with Crippen molar-refractivity contribution in [2.24, 2.45) is 5.73 Å². The van der Waals surface area contributed by atoms with E-state index in [4.69, 9.17) is 5.73 Å². The summed E-state index contributed by atoms with van der Waals surface area (Å²) in [5, 5.41) is 2.90. The molecule has 3 heteroatoms. The third-order valence-corrected chi connectivity index (χ3v) is 3.54. The lowest BCUT2D eigenvalue weighted by atomic mass is 9.61. The maximum atomic E-state index is 11.9. The zero-order chi connectivity index (χ0) is 9.76. The summed E-state index contributed by atoms with van der Waals surface area (Å²) in [4.78, 5) is 11.9. The van der Waals surface area contributed by atoms with Gasteiger partial charge in [0.1, 0.15) is 0 Å². The van der Waals surface area contributed by atoms with Gasteiger partial charge < -0.3 is 11.1 Å². The number of amides is 1. The van der Waals surface area contributed by atoms with Gasteiger partial charge in [-0.1, -0.05) is 18.2 Å². The average molecular weight is 188 g/mol. The molecular formula is C11H12N2O. The van der Waals surface area contributed by atoms with Gasteiger partial charge in [0.25, 0.3) is 0 Å². The van der Waals surface area contributed by atoms with E-state index in [2.05, 4.69) is 5.32 Å². The summed E-state index contributed by atoms with van der Waals surface area (Å²) in [5.74, 6) is 0.0810. The monoisotopic (exact) mass is 188 g/mol. The van der Waals surface area contributed by atoms with Gasteiger partial charge in [0.2, 0.25) is 5.91 Å². The van der Waals surface area contributed by atoms with Crippen LogP contribution in [-0.2, 0) is 10.2 Å². The number of benzene rings is 1. The Morgan fingerprint density at radius 1 is 1.43 bits per heavy atom. The van der Waals surface area contributed by atoms with Crippen LogP contribution >= 0.6 is 0 Å². The van der Waals surface area contributed by atoms with Gasteiger partial charge in [0, 0.05) is 11.7 Å². The van der Waals surface area contributed by atoms with E-state index in [-0.39, 0.29) is 11.9 Å². The molecule has 3 rings (SSSR count). The second kappa shape index (κ2) is 2.36. The number of fused-ring (bicyclic) bond motifs is 2. The Balaban J connectivity index is 2.20. The molecule has 1 aliphatic carbocycles. The zero-order valence-electron chi connectivity index (χ0n) is 7.79. The van der Waals surface area contributed by atoms with E-state index in [0.29, 0.717) is 0 Å². The Bertz CT molecular complexity index is 416. The highest BCUT2D eigenvalue weighted by Crippen LogP contribution is 2.49. The first kappa shape index (κ1) is 8.00.